The molecule has 0 bridgehead atoms. The van der Waals surface area contributed by atoms with Gasteiger partial charge in [0.15, 0.2) is 11.5 Å². The molecule has 0 spiro atoms. The minimum Gasteiger partial charge on any atom is -0.493 e. The van der Waals surface area contributed by atoms with Crippen LogP contribution in [0, 0.1) is 11.8 Å². The van der Waals surface area contributed by atoms with Crippen molar-refractivity contribution in [1.82, 2.24) is 10.2 Å². The molecule has 0 aliphatic rings. The van der Waals surface area contributed by atoms with E-state index in [1.165, 1.54) is 0 Å². The van der Waals surface area contributed by atoms with E-state index in [4.69, 9.17) is 9.47 Å². The molecule has 6 nitrogen and oxygen atoms in total. The predicted octanol–water partition coefficient (Wildman–Crippen LogP) is 6.14. The number of carbonyl (C=O) groups is 2. The molecule has 0 aromatic heterocycles. The fraction of sp³-hybridized carbons (Fsp3) is 0.655. The van der Waals surface area contributed by atoms with Crippen LogP contribution in [0.1, 0.15) is 85.6 Å². The van der Waals surface area contributed by atoms with Crippen LogP contribution in [0.15, 0.2) is 30.4 Å². The Balaban J connectivity index is 2.71. The minimum atomic E-state index is -0.297. The molecule has 0 radical (unpaired) electrons. The normalized spacial score (nSPS) is 13.3. The predicted molar refractivity (Wildman–Crippen MR) is 144 cm³/mol. The second-order valence-corrected chi connectivity index (χ2v) is 9.56. The van der Waals surface area contributed by atoms with Crippen LogP contribution >= 0.6 is 0 Å². The number of unbranched alkanes of at least 4 members (excludes halogenated alkanes) is 2. The lowest BCUT2D eigenvalue weighted by Gasteiger charge is -2.32. The molecule has 1 aromatic carbocycles. The highest BCUT2D eigenvalue weighted by atomic mass is 16.6. The number of benzene rings is 1. The maximum absolute atomic E-state index is 13.2. The monoisotopic (exact) mass is 488 g/mol. The summed E-state index contributed by atoms with van der Waals surface area (Å²) >= 11 is 0. The Morgan fingerprint density at radius 2 is 1.83 bits per heavy atom. The van der Waals surface area contributed by atoms with E-state index in [9.17, 15) is 9.59 Å². The van der Waals surface area contributed by atoms with E-state index < -0.39 is 0 Å². The smallest absolute Gasteiger partial charge is 0.329 e. The molecule has 0 heterocycles. The van der Waals surface area contributed by atoms with Crippen LogP contribution in [0.25, 0.3) is 0 Å². The fourth-order valence-corrected chi connectivity index (χ4v) is 4.03. The van der Waals surface area contributed by atoms with Crippen LogP contribution in [0.3, 0.4) is 0 Å². The number of hydrogen-bond acceptors (Lipinski definition) is 5. The van der Waals surface area contributed by atoms with Crippen molar-refractivity contribution in [2.24, 2.45) is 11.8 Å². The van der Waals surface area contributed by atoms with Gasteiger partial charge in [0.1, 0.15) is 6.04 Å². The second-order valence-electron chi connectivity index (χ2n) is 9.56. The van der Waals surface area contributed by atoms with Crippen LogP contribution < -0.4 is 14.8 Å². The number of hydrogen-bond donors (Lipinski definition) is 1. The summed E-state index contributed by atoms with van der Waals surface area (Å²) in [5.41, 5.74) is 0.898. The molecule has 6 heteroatoms. The first-order valence-electron chi connectivity index (χ1n) is 13.3. The van der Waals surface area contributed by atoms with E-state index in [1.54, 1.807) is 13.2 Å². The van der Waals surface area contributed by atoms with Gasteiger partial charge >= 0.3 is 5.97 Å². The highest BCUT2D eigenvalue weighted by Crippen LogP contribution is 2.29. The highest BCUT2D eigenvalue weighted by molar-refractivity contribution is 5.79. The van der Waals surface area contributed by atoms with Gasteiger partial charge in [0.2, 0.25) is 5.91 Å². The van der Waals surface area contributed by atoms with Crippen molar-refractivity contribution in [3.05, 3.63) is 35.9 Å². The molecule has 0 aliphatic carbocycles. The summed E-state index contributed by atoms with van der Waals surface area (Å²) in [4.78, 5) is 27.6. The van der Waals surface area contributed by atoms with Gasteiger partial charge in [-0.15, -0.1) is 0 Å². The standard InChI is InChI=1S/C29H48N2O4/c1-8-19-31(10-3)28(23(6)9-2)29(33)35-25-18-17-24(20-26(25)34-7)21-30-27(32)16-14-12-11-13-15-22(4)5/h13,15,17-18,20,22-23,28H,8-12,14,16,19,21H2,1-7H3,(H,30,32)/b15-13+/t23-,28+/m0/s1. The van der Waals surface area contributed by atoms with Crippen molar-refractivity contribution in [2.75, 3.05) is 20.2 Å². The zero-order chi connectivity index (χ0) is 26.2. The third-order valence-corrected chi connectivity index (χ3v) is 6.21. The quantitative estimate of drug-likeness (QED) is 0.124. The molecule has 0 saturated carbocycles. The molecule has 198 valence electrons. The lowest BCUT2D eigenvalue weighted by molar-refractivity contribution is -0.142. The number of methoxy groups -OCH3 is 1. The maximum Gasteiger partial charge on any atom is 0.329 e. The molecule has 0 aliphatic heterocycles. The van der Waals surface area contributed by atoms with Crippen LogP contribution in [0.2, 0.25) is 0 Å². The lowest BCUT2D eigenvalue weighted by Crippen LogP contribution is -2.47. The number of likely N-dealkylation sites (N-methyl/N-ethyl adjacent to an activating group) is 1. The number of nitrogens with one attached hydrogen (secondary N) is 1. The van der Waals surface area contributed by atoms with Crippen molar-refractivity contribution in [3.8, 4) is 11.5 Å². The van der Waals surface area contributed by atoms with Crippen LogP contribution in [0.5, 0.6) is 11.5 Å². The number of esters is 1. The third kappa shape index (κ3) is 11.3. The maximum atomic E-state index is 13.2. The Labute approximate surface area is 213 Å². The number of allylic oxidation sites excluding steroid dienone is 2. The van der Waals surface area contributed by atoms with Crippen molar-refractivity contribution in [3.63, 3.8) is 0 Å². The summed E-state index contributed by atoms with van der Waals surface area (Å²) in [5.74, 6) is 1.43. The van der Waals surface area contributed by atoms with Gasteiger partial charge in [-0.2, -0.15) is 0 Å². The first-order chi connectivity index (χ1) is 16.8. The van der Waals surface area contributed by atoms with Gasteiger partial charge in [-0.05, 0) is 68.3 Å². The summed E-state index contributed by atoms with van der Waals surface area (Å²) in [7, 11) is 1.56. The van der Waals surface area contributed by atoms with Gasteiger partial charge in [0, 0.05) is 13.0 Å². The fourth-order valence-electron chi connectivity index (χ4n) is 4.03. The first kappa shape index (κ1) is 30.7. The lowest BCUT2D eigenvalue weighted by atomic mass is 9.97. The molecule has 2 atom stereocenters. The Morgan fingerprint density at radius 1 is 1.09 bits per heavy atom. The summed E-state index contributed by atoms with van der Waals surface area (Å²) < 4.78 is 11.3. The van der Waals surface area contributed by atoms with E-state index >= 15 is 0 Å². The number of ether oxygens (including phenoxy) is 2. The molecular weight excluding hydrogens is 440 g/mol. The second kappa shape index (κ2) is 17.1. The molecule has 1 aromatic rings. The Hall–Kier alpha value is -2.34. The molecule has 1 amide bonds. The van der Waals surface area contributed by atoms with Gasteiger partial charge in [0.05, 0.1) is 7.11 Å². The number of nitrogens with zero attached hydrogens (tertiary/aromatic N) is 1. The van der Waals surface area contributed by atoms with E-state index in [2.05, 4.69) is 63.9 Å². The van der Waals surface area contributed by atoms with Crippen molar-refractivity contribution in [1.29, 1.82) is 0 Å². The van der Waals surface area contributed by atoms with Crippen LogP contribution in [-0.2, 0) is 16.1 Å². The average molecular weight is 489 g/mol. The third-order valence-electron chi connectivity index (χ3n) is 6.21. The summed E-state index contributed by atoms with van der Waals surface area (Å²) in [6.07, 6.45) is 9.67. The SMILES string of the molecule is CCCN(CC)[C@@H](C(=O)Oc1ccc(CNC(=O)CCCC/C=C/C(C)C)cc1OC)[C@@H](C)CC. The molecule has 0 unspecified atom stereocenters. The van der Waals surface area contributed by atoms with Gasteiger partial charge in [-0.3, -0.25) is 9.69 Å². The highest BCUT2D eigenvalue weighted by Gasteiger charge is 2.31. The van der Waals surface area contributed by atoms with E-state index in [0.717, 1.165) is 50.8 Å². The summed E-state index contributed by atoms with van der Waals surface area (Å²) in [6, 6.07) is 5.14. The zero-order valence-corrected chi connectivity index (χ0v) is 23.1. The van der Waals surface area contributed by atoms with Gasteiger partial charge in [0.25, 0.3) is 0 Å². The Morgan fingerprint density at radius 3 is 2.43 bits per heavy atom. The van der Waals surface area contributed by atoms with Crippen molar-refractivity contribution >= 4 is 11.9 Å². The molecular formula is C29H48N2O4. The molecule has 1 N–H and O–H groups in total. The molecule has 0 fully saturated rings. The van der Waals surface area contributed by atoms with Crippen LogP contribution in [0.4, 0.5) is 0 Å². The largest absolute Gasteiger partial charge is 0.493 e. The molecule has 1 rings (SSSR count). The summed E-state index contributed by atoms with van der Waals surface area (Å²) in [5, 5.41) is 2.97. The van der Waals surface area contributed by atoms with E-state index in [0.29, 0.717) is 30.4 Å². The Bertz CT molecular complexity index is 791. The summed E-state index contributed by atoms with van der Waals surface area (Å²) in [6.45, 7) is 14.8. The van der Waals surface area contributed by atoms with E-state index in [-0.39, 0.29) is 23.8 Å². The zero-order valence-electron chi connectivity index (χ0n) is 23.1. The number of carbonyl (C=O) groups excluding carboxylic acids is 2. The average Bonchev–Trinajstić information content (AvgIpc) is 2.84. The van der Waals surface area contributed by atoms with Crippen molar-refractivity contribution < 1.29 is 19.1 Å². The number of amides is 1. The topological polar surface area (TPSA) is 67.9 Å². The minimum absolute atomic E-state index is 0.0410. The van der Waals surface area contributed by atoms with Gasteiger partial charge < -0.3 is 14.8 Å². The molecule has 0 saturated heterocycles. The number of rotatable bonds is 17. The van der Waals surface area contributed by atoms with Gasteiger partial charge in [-0.25, -0.2) is 4.79 Å². The van der Waals surface area contributed by atoms with E-state index in [1.807, 2.05) is 12.1 Å². The first-order valence-corrected chi connectivity index (χ1v) is 13.3. The van der Waals surface area contributed by atoms with Gasteiger partial charge in [-0.1, -0.05) is 66.2 Å². The Kier molecular flexibility index (Phi) is 15.0. The molecule has 35 heavy (non-hydrogen) atoms. The van der Waals surface area contributed by atoms with Crippen molar-refractivity contribution in [2.45, 2.75) is 92.7 Å². The van der Waals surface area contributed by atoms with Crippen LogP contribution in [-0.4, -0.2) is 43.0 Å².